The molecular formula is C28H29N7O. The zero-order chi connectivity index (χ0) is 24.6. The molecule has 2 aromatic heterocycles. The van der Waals surface area contributed by atoms with Gasteiger partial charge in [-0.15, -0.1) is 10.2 Å². The third-order valence-electron chi connectivity index (χ3n) is 7.36. The minimum atomic E-state index is 0.134. The molecule has 6 rings (SSSR count). The minimum Gasteiger partial charge on any atom is -0.395 e. The Bertz CT molecular complexity index is 1430. The number of anilines is 1. The van der Waals surface area contributed by atoms with Gasteiger partial charge in [-0.05, 0) is 66.8 Å². The first-order valence-electron chi connectivity index (χ1n) is 12.5. The highest BCUT2D eigenvalue weighted by Gasteiger charge is 2.26. The van der Waals surface area contributed by atoms with Crippen LogP contribution in [0, 0.1) is 17.2 Å². The van der Waals surface area contributed by atoms with Crippen LogP contribution < -0.4 is 10.2 Å². The molecule has 2 N–H and O–H groups in total. The summed E-state index contributed by atoms with van der Waals surface area (Å²) in [6, 6.07) is 18.9. The zero-order valence-electron chi connectivity index (χ0n) is 20.3. The molecule has 2 aliphatic heterocycles. The Morgan fingerprint density at radius 3 is 2.83 bits per heavy atom. The molecule has 4 heterocycles. The first-order chi connectivity index (χ1) is 17.6. The number of benzene rings is 2. The highest BCUT2D eigenvalue weighted by molar-refractivity contribution is 5.72. The predicted molar refractivity (Wildman–Crippen MR) is 139 cm³/mol. The van der Waals surface area contributed by atoms with Crippen molar-refractivity contribution >= 4 is 5.69 Å². The SMILES string of the molecule is C[C@H](CO)NCC1CCN(c2ccc3c(c2)Cn2cc(-c4ccc(C#N)cc4)cc2-c2nncn2-3)C1. The molecule has 0 amide bonds. The summed E-state index contributed by atoms with van der Waals surface area (Å²) in [5, 5.41) is 30.5. The van der Waals surface area contributed by atoms with Gasteiger partial charge in [0.25, 0.3) is 0 Å². The molecule has 1 fully saturated rings. The fourth-order valence-electron chi connectivity index (χ4n) is 5.29. The van der Waals surface area contributed by atoms with Gasteiger partial charge in [0, 0.05) is 49.7 Å². The van der Waals surface area contributed by atoms with Crippen molar-refractivity contribution < 1.29 is 5.11 Å². The van der Waals surface area contributed by atoms with Crippen LogP contribution in [0.4, 0.5) is 5.69 Å². The number of aliphatic hydroxyl groups excluding tert-OH is 1. The number of nitriles is 1. The number of aromatic nitrogens is 4. The summed E-state index contributed by atoms with van der Waals surface area (Å²) in [6.07, 6.45) is 5.10. The molecule has 8 nitrogen and oxygen atoms in total. The first kappa shape index (κ1) is 22.5. The fourth-order valence-corrected chi connectivity index (χ4v) is 5.29. The molecule has 2 aromatic carbocycles. The largest absolute Gasteiger partial charge is 0.395 e. The molecule has 4 aromatic rings. The molecule has 8 heteroatoms. The van der Waals surface area contributed by atoms with E-state index in [0.717, 1.165) is 60.9 Å². The van der Waals surface area contributed by atoms with E-state index in [9.17, 15) is 5.11 Å². The molecule has 2 aliphatic rings. The normalized spacial score (nSPS) is 17.1. The fraction of sp³-hybridized carbons (Fsp3) is 0.321. The molecule has 0 bridgehead atoms. The van der Waals surface area contributed by atoms with E-state index in [4.69, 9.17) is 5.26 Å². The van der Waals surface area contributed by atoms with Gasteiger partial charge < -0.3 is 19.9 Å². The molecule has 0 spiro atoms. The Kier molecular flexibility index (Phi) is 5.80. The monoisotopic (exact) mass is 479 g/mol. The van der Waals surface area contributed by atoms with Gasteiger partial charge in [0.15, 0.2) is 5.82 Å². The van der Waals surface area contributed by atoms with Crippen LogP contribution in [0.25, 0.3) is 28.3 Å². The van der Waals surface area contributed by atoms with Crippen molar-refractivity contribution in [3.8, 4) is 34.4 Å². The first-order valence-corrected chi connectivity index (χ1v) is 12.5. The minimum absolute atomic E-state index is 0.134. The van der Waals surface area contributed by atoms with Crippen LogP contribution in [0.15, 0.2) is 61.1 Å². The molecule has 0 saturated carbocycles. The molecule has 1 unspecified atom stereocenters. The molecule has 2 atom stereocenters. The van der Waals surface area contributed by atoms with Crippen molar-refractivity contribution in [2.24, 2.45) is 5.92 Å². The van der Waals surface area contributed by atoms with Gasteiger partial charge in [-0.25, -0.2) is 0 Å². The Morgan fingerprint density at radius 2 is 2.03 bits per heavy atom. The lowest BCUT2D eigenvalue weighted by Gasteiger charge is -2.21. The summed E-state index contributed by atoms with van der Waals surface area (Å²) in [6.45, 7) is 5.90. The standard InChI is InChI=1S/C28H29N7O/c1-19(17-36)30-13-21-8-9-33(14-21)25-6-7-26-24(10-25)16-34-15-23(22-4-2-20(12-29)3-5-22)11-27(34)28-32-31-18-35(26)28/h2-7,10-11,15,18-19,21,30,36H,8-9,13-14,16-17H2,1H3/t19-,21?/m1/s1. The quantitative estimate of drug-likeness (QED) is 0.388. The second-order valence-corrected chi connectivity index (χ2v) is 9.86. The maximum Gasteiger partial charge on any atom is 0.185 e. The van der Waals surface area contributed by atoms with Crippen LogP contribution in [0.2, 0.25) is 0 Å². The number of hydrogen-bond acceptors (Lipinski definition) is 6. The second kappa shape index (κ2) is 9.26. The van der Waals surface area contributed by atoms with E-state index >= 15 is 0 Å². The maximum absolute atomic E-state index is 9.29. The Balaban J connectivity index is 1.30. The van der Waals surface area contributed by atoms with Gasteiger partial charge in [-0.2, -0.15) is 5.26 Å². The van der Waals surface area contributed by atoms with Crippen molar-refractivity contribution in [1.82, 2.24) is 24.6 Å². The molecule has 182 valence electrons. The summed E-state index contributed by atoms with van der Waals surface area (Å²) in [5.74, 6) is 1.40. The lowest BCUT2D eigenvalue weighted by Crippen LogP contribution is -2.34. The summed E-state index contributed by atoms with van der Waals surface area (Å²) in [4.78, 5) is 2.47. The van der Waals surface area contributed by atoms with Crippen molar-refractivity contribution in [2.45, 2.75) is 25.9 Å². The van der Waals surface area contributed by atoms with E-state index in [1.165, 1.54) is 11.3 Å². The van der Waals surface area contributed by atoms with Gasteiger partial charge in [0.05, 0.1) is 29.6 Å². The Morgan fingerprint density at radius 1 is 1.17 bits per heavy atom. The van der Waals surface area contributed by atoms with Crippen molar-refractivity contribution in [3.05, 3.63) is 72.2 Å². The smallest absolute Gasteiger partial charge is 0.185 e. The Hall–Kier alpha value is -3.93. The number of nitrogens with one attached hydrogen (secondary N) is 1. The van der Waals surface area contributed by atoms with Crippen LogP contribution in [0.3, 0.4) is 0 Å². The van der Waals surface area contributed by atoms with Gasteiger partial charge >= 0.3 is 0 Å². The third kappa shape index (κ3) is 4.06. The van der Waals surface area contributed by atoms with Crippen LogP contribution in [0.5, 0.6) is 0 Å². The van der Waals surface area contributed by atoms with Crippen LogP contribution in [0.1, 0.15) is 24.5 Å². The van der Waals surface area contributed by atoms with Gasteiger partial charge in [-0.3, -0.25) is 4.57 Å². The number of aliphatic hydroxyl groups is 1. The molecule has 36 heavy (non-hydrogen) atoms. The molecule has 1 saturated heterocycles. The summed E-state index contributed by atoms with van der Waals surface area (Å²) in [5.41, 5.74) is 7.42. The number of nitrogens with zero attached hydrogens (tertiary/aromatic N) is 6. The maximum atomic E-state index is 9.29. The number of fused-ring (bicyclic) bond motifs is 5. The van der Waals surface area contributed by atoms with E-state index in [0.29, 0.717) is 11.5 Å². The zero-order valence-corrected chi connectivity index (χ0v) is 20.3. The highest BCUT2D eigenvalue weighted by atomic mass is 16.3. The van der Waals surface area contributed by atoms with Gasteiger partial charge in [0.2, 0.25) is 0 Å². The summed E-state index contributed by atoms with van der Waals surface area (Å²) >= 11 is 0. The Labute approximate surface area is 210 Å². The van der Waals surface area contributed by atoms with Crippen LogP contribution in [-0.2, 0) is 6.54 Å². The second-order valence-electron chi connectivity index (χ2n) is 9.86. The van der Waals surface area contributed by atoms with Crippen molar-refractivity contribution in [3.63, 3.8) is 0 Å². The average molecular weight is 480 g/mol. The van der Waals surface area contributed by atoms with Gasteiger partial charge in [0.1, 0.15) is 6.33 Å². The van der Waals surface area contributed by atoms with Crippen molar-refractivity contribution in [1.29, 1.82) is 5.26 Å². The summed E-state index contributed by atoms with van der Waals surface area (Å²) in [7, 11) is 0. The third-order valence-corrected chi connectivity index (χ3v) is 7.36. The molecule has 0 aliphatic carbocycles. The lowest BCUT2D eigenvalue weighted by molar-refractivity contribution is 0.247. The van der Waals surface area contributed by atoms with E-state index in [-0.39, 0.29) is 12.6 Å². The van der Waals surface area contributed by atoms with E-state index < -0.39 is 0 Å². The van der Waals surface area contributed by atoms with E-state index in [2.05, 4.69) is 66.1 Å². The number of hydrogen-bond donors (Lipinski definition) is 2. The van der Waals surface area contributed by atoms with Crippen molar-refractivity contribution in [2.75, 3.05) is 31.1 Å². The molecule has 0 radical (unpaired) electrons. The van der Waals surface area contributed by atoms with Gasteiger partial charge in [-0.1, -0.05) is 12.1 Å². The molecular weight excluding hydrogens is 450 g/mol. The van der Waals surface area contributed by atoms with E-state index in [1.807, 2.05) is 31.2 Å². The predicted octanol–water partition coefficient (Wildman–Crippen LogP) is 3.43. The number of rotatable bonds is 6. The van der Waals surface area contributed by atoms with Crippen LogP contribution in [-0.4, -0.2) is 56.7 Å². The summed E-state index contributed by atoms with van der Waals surface area (Å²) < 4.78 is 4.32. The van der Waals surface area contributed by atoms with E-state index in [1.54, 1.807) is 6.33 Å². The van der Waals surface area contributed by atoms with Crippen LogP contribution >= 0.6 is 0 Å². The average Bonchev–Trinajstić information content (AvgIpc) is 3.66. The topological polar surface area (TPSA) is 94.9 Å². The highest BCUT2D eigenvalue weighted by Crippen LogP contribution is 2.35. The lowest BCUT2D eigenvalue weighted by atomic mass is 10.1.